The molecule has 0 bridgehead atoms. The summed E-state index contributed by atoms with van der Waals surface area (Å²) >= 11 is 0. The molecule has 2 N–H and O–H groups in total. The zero-order valence-corrected chi connectivity index (χ0v) is 11.6. The lowest BCUT2D eigenvalue weighted by Gasteiger charge is -2.10. The third-order valence-corrected chi connectivity index (χ3v) is 3.33. The zero-order chi connectivity index (χ0) is 14.5. The summed E-state index contributed by atoms with van der Waals surface area (Å²) in [4.78, 5) is 4.05. The maximum Gasteiger partial charge on any atom is 0.120 e. The summed E-state index contributed by atoms with van der Waals surface area (Å²) in [6.45, 7) is 1.40. The van der Waals surface area contributed by atoms with Crippen LogP contribution in [0.5, 0.6) is 5.75 Å². The lowest BCUT2D eigenvalue weighted by molar-refractivity contribution is 0.469. The number of imidazole rings is 1. The van der Waals surface area contributed by atoms with E-state index in [2.05, 4.69) is 22.4 Å². The highest BCUT2D eigenvalue weighted by molar-refractivity contribution is 5.47. The minimum absolute atomic E-state index is 0.319. The molecule has 1 aromatic heterocycles. The number of para-hydroxylation sites is 1. The van der Waals surface area contributed by atoms with Gasteiger partial charge in [0.15, 0.2) is 0 Å². The lowest BCUT2D eigenvalue weighted by Crippen LogP contribution is -2.01. The van der Waals surface area contributed by atoms with E-state index in [1.165, 1.54) is 5.56 Å². The molecular formula is C17H17N3O. The van der Waals surface area contributed by atoms with E-state index < -0.39 is 0 Å². The van der Waals surface area contributed by atoms with Gasteiger partial charge in [0.05, 0.1) is 6.33 Å². The van der Waals surface area contributed by atoms with Gasteiger partial charge in [-0.05, 0) is 23.8 Å². The second-order valence-corrected chi connectivity index (χ2v) is 4.92. The molecule has 0 saturated heterocycles. The van der Waals surface area contributed by atoms with Crippen LogP contribution in [0.25, 0.3) is 0 Å². The Morgan fingerprint density at radius 2 is 2.00 bits per heavy atom. The third-order valence-electron chi connectivity index (χ3n) is 3.33. The van der Waals surface area contributed by atoms with E-state index in [4.69, 9.17) is 0 Å². The Balaban J connectivity index is 1.67. The van der Waals surface area contributed by atoms with E-state index in [-0.39, 0.29) is 0 Å². The number of hydrogen-bond acceptors (Lipinski definition) is 3. The Kier molecular flexibility index (Phi) is 3.87. The van der Waals surface area contributed by atoms with Crippen molar-refractivity contribution in [1.82, 2.24) is 9.55 Å². The standard InChI is InChI=1S/C17H17N3O/c21-17-7-2-1-5-15(17)11-19-16-6-3-4-14(10-16)12-20-9-8-18-13-20/h1-10,13,19,21H,11-12H2. The smallest absolute Gasteiger partial charge is 0.120 e. The van der Waals surface area contributed by atoms with Gasteiger partial charge in [-0.2, -0.15) is 0 Å². The number of rotatable bonds is 5. The number of aromatic hydroxyl groups is 1. The highest BCUT2D eigenvalue weighted by Crippen LogP contribution is 2.18. The molecular weight excluding hydrogens is 262 g/mol. The first-order valence-corrected chi connectivity index (χ1v) is 6.87. The van der Waals surface area contributed by atoms with Crippen LogP contribution in [0.4, 0.5) is 5.69 Å². The first kappa shape index (κ1) is 13.2. The fourth-order valence-corrected chi connectivity index (χ4v) is 2.23. The van der Waals surface area contributed by atoms with Crippen molar-refractivity contribution in [3.63, 3.8) is 0 Å². The van der Waals surface area contributed by atoms with Gasteiger partial charge < -0.3 is 15.0 Å². The fourth-order valence-electron chi connectivity index (χ4n) is 2.23. The molecule has 0 aliphatic heterocycles. The lowest BCUT2D eigenvalue weighted by atomic mass is 10.1. The van der Waals surface area contributed by atoms with Crippen LogP contribution < -0.4 is 5.32 Å². The average molecular weight is 279 g/mol. The summed E-state index contributed by atoms with van der Waals surface area (Å²) in [6.07, 6.45) is 5.53. The highest BCUT2D eigenvalue weighted by atomic mass is 16.3. The molecule has 4 nitrogen and oxygen atoms in total. The Morgan fingerprint density at radius 3 is 2.81 bits per heavy atom. The van der Waals surface area contributed by atoms with E-state index in [0.717, 1.165) is 17.8 Å². The quantitative estimate of drug-likeness (QED) is 0.753. The van der Waals surface area contributed by atoms with Crippen molar-refractivity contribution in [3.8, 4) is 5.75 Å². The molecule has 0 unspecified atom stereocenters. The maximum absolute atomic E-state index is 9.76. The Labute approximate surface area is 123 Å². The van der Waals surface area contributed by atoms with Crippen molar-refractivity contribution >= 4 is 5.69 Å². The van der Waals surface area contributed by atoms with Crippen molar-refractivity contribution in [2.45, 2.75) is 13.1 Å². The summed E-state index contributed by atoms with van der Waals surface area (Å²) in [5.41, 5.74) is 3.13. The molecule has 0 radical (unpaired) electrons. The largest absolute Gasteiger partial charge is 0.508 e. The van der Waals surface area contributed by atoms with E-state index in [0.29, 0.717) is 12.3 Å². The average Bonchev–Trinajstić information content (AvgIpc) is 3.00. The molecule has 0 fully saturated rings. The van der Waals surface area contributed by atoms with Gasteiger partial charge in [0, 0.05) is 36.7 Å². The molecule has 1 heterocycles. The molecule has 3 rings (SSSR count). The monoisotopic (exact) mass is 279 g/mol. The van der Waals surface area contributed by atoms with Gasteiger partial charge in [0.2, 0.25) is 0 Å². The molecule has 106 valence electrons. The predicted octanol–water partition coefficient (Wildman–Crippen LogP) is 3.25. The summed E-state index contributed by atoms with van der Waals surface area (Å²) in [7, 11) is 0. The van der Waals surface area contributed by atoms with Crippen LogP contribution in [0.3, 0.4) is 0 Å². The normalized spacial score (nSPS) is 10.5. The summed E-state index contributed by atoms with van der Waals surface area (Å²) < 4.78 is 2.03. The van der Waals surface area contributed by atoms with Crippen LogP contribution in [-0.4, -0.2) is 14.7 Å². The maximum atomic E-state index is 9.76. The molecule has 2 aromatic carbocycles. The van der Waals surface area contributed by atoms with Crippen molar-refractivity contribution in [3.05, 3.63) is 78.4 Å². The molecule has 0 aliphatic carbocycles. The van der Waals surface area contributed by atoms with Crippen LogP contribution in [0.15, 0.2) is 67.3 Å². The van der Waals surface area contributed by atoms with Crippen LogP contribution in [0.2, 0.25) is 0 Å². The first-order valence-electron chi connectivity index (χ1n) is 6.87. The number of aromatic nitrogens is 2. The number of anilines is 1. The van der Waals surface area contributed by atoms with Gasteiger partial charge in [-0.15, -0.1) is 0 Å². The molecule has 0 saturated carbocycles. The van der Waals surface area contributed by atoms with Crippen LogP contribution >= 0.6 is 0 Å². The molecule has 4 heteroatoms. The number of benzene rings is 2. The Hall–Kier alpha value is -2.75. The van der Waals surface area contributed by atoms with E-state index in [1.54, 1.807) is 12.3 Å². The van der Waals surface area contributed by atoms with Crippen molar-refractivity contribution in [2.75, 3.05) is 5.32 Å². The second-order valence-electron chi connectivity index (χ2n) is 4.92. The summed E-state index contributed by atoms with van der Waals surface area (Å²) in [5.74, 6) is 0.319. The van der Waals surface area contributed by atoms with Gasteiger partial charge in [-0.25, -0.2) is 4.98 Å². The molecule has 0 amide bonds. The van der Waals surface area contributed by atoms with E-state index in [9.17, 15) is 5.11 Å². The minimum atomic E-state index is 0.319. The highest BCUT2D eigenvalue weighted by Gasteiger charge is 2.01. The van der Waals surface area contributed by atoms with Gasteiger partial charge in [-0.1, -0.05) is 30.3 Å². The summed E-state index contributed by atoms with van der Waals surface area (Å²) in [5, 5.41) is 13.1. The number of nitrogens with zero attached hydrogens (tertiary/aromatic N) is 2. The number of phenols is 1. The van der Waals surface area contributed by atoms with Crippen molar-refractivity contribution in [2.24, 2.45) is 0 Å². The predicted molar refractivity (Wildman–Crippen MR) is 83.2 cm³/mol. The van der Waals surface area contributed by atoms with Crippen LogP contribution in [-0.2, 0) is 13.1 Å². The Bertz CT molecular complexity index is 708. The van der Waals surface area contributed by atoms with Crippen LogP contribution in [0, 0.1) is 0 Å². The van der Waals surface area contributed by atoms with E-state index in [1.807, 2.05) is 47.4 Å². The molecule has 0 spiro atoms. The number of hydrogen-bond donors (Lipinski definition) is 2. The zero-order valence-electron chi connectivity index (χ0n) is 11.6. The molecule has 0 atom stereocenters. The van der Waals surface area contributed by atoms with Crippen molar-refractivity contribution in [1.29, 1.82) is 0 Å². The van der Waals surface area contributed by atoms with E-state index >= 15 is 0 Å². The van der Waals surface area contributed by atoms with Crippen molar-refractivity contribution < 1.29 is 5.11 Å². The van der Waals surface area contributed by atoms with Crippen LogP contribution in [0.1, 0.15) is 11.1 Å². The second kappa shape index (κ2) is 6.13. The topological polar surface area (TPSA) is 50.1 Å². The minimum Gasteiger partial charge on any atom is -0.508 e. The number of phenolic OH excluding ortho intramolecular Hbond substituents is 1. The van der Waals surface area contributed by atoms with Gasteiger partial charge in [0.25, 0.3) is 0 Å². The van der Waals surface area contributed by atoms with Gasteiger partial charge in [0.1, 0.15) is 5.75 Å². The van der Waals surface area contributed by atoms with Gasteiger partial charge in [-0.3, -0.25) is 0 Å². The number of nitrogens with one attached hydrogen (secondary N) is 1. The molecule has 21 heavy (non-hydrogen) atoms. The fraction of sp³-hybridized carbons (Fsp3) is 0.118. The molecule has 3 aromatic rings. The third kappa shape index (κ3) is 3.42. The summed E-state index contributed by atoms with van der Waals surface area (Å²) in [6, 6.07) is 15.6. The van der Waals surface area contributed by atoms with Gasteiger partial charge >= 0.3 is 0 Å². The molecule has 0 aliphatic rings. The SMILES string of the molecule is Oc1ccccc1CNc1cccc(Cn2ccnc2)c1. The first-order chi connectivity index (χ1) is 10.3. The Morgan fingerprint density at radius 1 is 1.10 bits per heavy atom.